The molecule has 1 aromatic carbocycles. The number of rotatable bonds is 3. The van der Waals surface area contributed by atoms with Crippen molar-refractivity contribution >= 4 is 33.6 Å². The number of benzene rings is 1. The van der Waals surface area contributed by atoms with Gasteiger partial charge in [0.1, 0.15) is 0 Å². The molecule has 3 rings (SSSR count). The van der Waals surface area contributed by atoms with Crippen molar-refractivity contribution in [2.45, 2.75) is 20.8 Å². The third kappa shape index (κ3) is 4.07. The van der Waals surface area contributed by atoms with Crippen LogP contribution in [0.5, 0.6) is 0 Å². The van der Waals surface area contributed by atoms with E-state index in [1.165, 1.54) is 12.1 Å². The maximum absolute atomic E-state index is 12.9. The zero-order chi connectivity index (χ0) is 21.4. The van der Waals surface area contributed by atoms with Gasteiger partial charge in [-0.1, -0.05) is 6.07 Å². The van der Waals surface area contributed by atoms with Gasteiger partial charge in [-0.2, -0.15) is 0 Å². The molecule has 1 aromatic rings. The number of sulfonamides is 1. The van der Waals surface area contributed by atoms with E-state index < -0.39 is 27.4 Å². The summed E-state index contributed by atoms with van der Waals surface area (Å²) in [5, 5.41) is 0. The van der Waals surface area contributed by atoms with Crippen LogP contribution >= 0.6 is 0 Å². The van der Waals surface area contributed by atoms with E-state index >= 15 is 0 Å². The molecule has 0 saturated carbocycles. The Bertz CT molecular complexity index is 935. The van der Waals surface area contributed by atoms with E-state index in [1.54, 1.807) is 42.7 Å². The van der Waals surface area contributed by atoms with Gasteiger partial charge in [0.15, 0.2) is 0 Å². The van der Waals surface area contributed by atoms with Crippen molar-refractivity contribution in [3.63, 3.8) is 0 Å². The molecule has 0 atom stereocenters. The van der Waals surface area contributed by atoms with Gasteiger partial charge in [-0.15, -0.1) is 0 Å². The van der Waals surface area contributed by atoms with Gasteiger partial charge in [0.25, 0.3) is 5.91 Å². The Morgan fingerprint density at radius 3 is 2.28 bits per heavy atom. The van der Waals surface area contributed by atoms with E-state index in [0.29, 0.717) is 38.3 Å². The van der Waals surface area contributed by atoms with Crippen molar-refractivity contribution in [1.82, 2.24) is 9.80 Å². The summed E-state index contributed by atoms with van der Waals surface area (Å²) in [5.41, 5.74) is -0.557. The SMILES string of the molecule is CCOC(=O)N1CCN(C(=O)c2cccc(N3C(=O)C(C)(C)CS3(=O)=O)c2)CC1. The van der Waals surface area contributed by atoms with Crippen LogP contribution in [-0.4, -0.2) is 74.7 Å². The van der Waals surface area contributed by atoms with E-state index in [4.69, 9.17) is 4.74 Å². The van der Waals surface area contributed by atoms with E-state index in [2.05, 4.69) is 0 Å². The lowest BCUT2D eigenvalue weighted by Crippen LogP contribution is -2.50. The Balaban J connectivity index is 1.76. The fraction of sp³-hybridized carbons (Fsp3) is 0.526. The van der Waals surface area contributed by atoms with Crippen LogP contribution in [0.2, 0.25) is 0 Å². The summed E-state index contributed by atoms with van der Waals surface area (Å²) in [6.07, 6.45) is -0.401. The van der Waals surface area contributed by atoms with Crippen molar-refractivity contribution in [1.29, 1.82) is 0 Å². The molecule has 0 bridgehead atoms. The van der Waals surface area contributed by atoms with Gasteiger partial charge in [0.05, 0.1) is 23.5 Å². The van der Waals surface area contributed by atoms with Crippen LogP contribution in [0, 0.1) is 5.41 Å². The van der Waals surface area contributed by atoms with Gasteiger partial charge in [0, 0.05) is 31.7 Å². The molecular weight excluding hydrogens is 398 g/mol. The number of anilines is 1. The summed E-state index contributed by atoms with van der Waals surface area (Å²) in [5.74, 6) is -1.06. The van der Waals surface area contributed by atoms with Crippen LogP contribution in [-0.2, 0) is 19.6 Å². The number of nitrogens with zero attached hydrogens (tertiary/aromatic N) is 3. The molecule has 0 aromatic heterocycles. The molecule has 2 heterocycles. The van der Waals surface area contributed by atoms with Crippen molar-refractivity contribution in [2.24, 2.45) is 5.41 Å². The molecule has 158 valence electrons. The van der Waals surface area contributed by atoms with Crippen LogP contribution < -0.4 is 4.31 Å². The smallest absolute Gasteiger partial charge is 0.409 e. The summed E-state index contributed by atoms with van der Waals surface area (Å²) in [6, 6.07) is 6.08. The fourth-order valence-corrected chi connectivity index (χ4v) is 5.62. The van der Waals surface area contributed by atoms with E-state index in [1.807, 2.05) is 0 Å². The number of carbonyl (C=O) groups excluding carboxylic acids is 3. The summed E-state index contributed by atoms with van der Waals surface area (Å²) in [4.78, 5) is 40.4. The number of piperazine rings is 1. The first-order valence-electron chi connectivity index (χ1n) is 9.45. The lowest BCUT2D eigenvalue weighted by molar-refractivity contribution is -0.123. The highest BCUT2D eigenvalue weighted by atomic mass is 32.2. The Morgan fingerprint density at radius 2 is 1.72 bits per heavy atom. The summed E-state index contributed by atoms with van der Waals surface area (Å²) >= 11 is 0. The average Bonchev–Trinajstić information content (AvgIpc) is 2.84. The lowest BCUT2D eigenvalue weighted by atomic mass is 9.95. The average molecular weight is 423 g/mol. The predicted molar refractivity (Wildman–Crippen MR) is 106 cm³/mol. The van der Waals surface area contributed by atoms with Crippen molar-refractivity contribution in [3.8, 4) is 0 Å². The Morgan fingerprint density at radius 1 is 1.10 bits per heavy atom. The second-order valence-corrected chi connectivity index (χ2v) is 9.56. The Labute approximate surface area is 170 Å². The molecule has 29 heavy (non-hydrogen) atoms. The number of hydrogen-bond donors (Lipinski definition) is 0. The summed E-state index contributed by atoms with van der Waals surface area (Å²) in [6.45, 7) is 6.60. The molecule has 2 fully saturated rings. The quantitative estimate of drug-likeness (QED) is 0.726. The highest BCUT2D eigenvalue weighted by Crippen LogP contribution is 2.36. The van der Waals surface area contributed by atoms with Gasteiger partial charge >= 0.3 is 6.09 Å². The highest BCUT2D eigenvalue weighted by Gasteiger charge is 2.50. The molecule has 0 aliphatic carbocycles. The molecule has 2 aliphatic rings. The number of hydrogen-bond acceptors (Lipinski definition) is 6. The summed E-state index contributed by atoms with van der Waals surface area (Å²) < 4.78 is 30.7. The molecule has 0 unspecified atom stereocenters. The zero-order valence-corrected chi connectivity index (χ0v) is 17.6. The monoisotopic (exact) mass is 423 g/mol. The van der Waals surface area contributed by atoms with Crippen molar-refractivity contribution in [3.05, 3.63) is 29.8 Å². The normalized spacial score (nSPS) is 20.7. The first-order valence-corrected chi connectivity index (χ1v) is 11.1. The topological polar surface area (TPSA) is 104 Å². The van der Waals surface area contributed by atoms with Crippen LogP contribution in [0.4, 0.5) is 10.5 Å². The van der Waals surface area contributed by atoms with Crippen LogP contribution in [0.25, 0.3) is 0 Å². The van der Waals surface area contributed by atoms with Gasteiger partial charge < -0.3 is 14.5 Å². The Kier molecular flexibility index (Phi) is 5.57. The molecule has 10 heteroatoms. The molecule has 2 saturated heterocycles. The van der Waals surface area contributed by atoms with Gasteiger partial charge in [-0.05, 0) is 39.0 Å². The third-order valence-corrected chi connectivity index (χ3v) is 7.02. The minimum atomic E-state index is -3.79. The number of amides is 3. The molecule has 0 spiro atoms. The molecule has 9 nitrogen and oxygen atoms in total. The fourth-order valence-electron chi connectivity index (χ4n) is 3.52. The molecule has 3 amide bonds. The number of ether oxygens (including phenoxy) is 1. The summed E-state index contributed by atoms with van der Waals surface area (Å²) in [7, 11) is -3.79. The largest absolute Gasteiger partial charge is 0.450 e. The standard InChI is InChI=1S/C19H25N3O6S/c1-4-28-18(25)21-10-8-20(9-11-21)16(23)14-6-5-7-15(12-14)22-17(24)19(2,3)13-29(22,26)27/h5-7,12H,4,8-11,13H2,1-3H3. The second kappa shape index (κ2) is 7.66. The lowest BCUT2D eigenvalue weighted by Gasteiger charge is -2.34. The van der Waals surface area contributed by atoms with E-state index in [9.17, 15) is 22.8 Å². The molecule has 0 radical (unpaired) electrons. The van der Waals surface area contributed by atoms with Gasteiger partial charge in [-0.3, -0.25) is 9.59 Å². The second-order valence-electron chi connectivity index (χ2n) is 7.74. The molecule has 2 aliphatic heterocycles. The first-order chi connectivity index (χ1) is 13.6. The molecular formula is C19H25N3O6S. The van der Waals surface area contributed by atoms with Crippen molar-refractivity contribution in [2.75, 3.05) is 42.8 Å². The highest BCUT2D eigenvalue weighted by molar-refractivity contribution is 7.94. The van der Waals surface area contributed by atoms with Crippen LogP contribution in [0.1, 0.15) is 31.1 Å². The van der Waals surface area contributed by atoms with Gasteiger partial charge in [-0.25, -0.2) is 17.5 Å². The number of carbonyl (C=O) groups is 3. The van der Waals surface area contributed by atoms with Crippen LogP contribution in [0.3, 0.4) is 0 Å². The van der Waals surface area contributed by atoms with E-state index in [-0.39, 0.29) is 17.3 Å². The third-order valence-electron chi connectivity index (χ3n) is 5.01. The minimum Gasteiger partial charge on any atom is -0.450 e. The van der Waals surface area contributed by atoms with E-state index in [0.717, 1.165) is 4.31 Å². The maximum Gasteiger partial charge on any atom is 0.409 e. The molecule has 0 N–H and O–H groups in total. The minimum absolute atomic E-state index is 0.164. The zero-order valence-electron chi connectivity index (χ0n) is 16.8. The predicted octanol–water partition coefficient (Wildman–Crippen LogP) is 1.30. The Hall–Kier alpha value is -2.62. The van der Waals surface area contributed by atoms with Crippen LogP contribution in [0.15, 0.2) is 24.3 Å². The maximum atomic E-state index is 12.9. The van der Waals surface area contributed by atoms with Crippen molar-refractivity contribution < 1.29 is 27.5 Å². The first kappa shape index (κ1) is 21.1. The van der Waals surface area contributed by atoms with Gasteiger partial charge in [0.2, 0.25) is 15.9 Å².